The fourth-order valence-corrected chi connectivity index (χ4v) is 4.10. The molecular formula is C20H29FN2O. The van der Waals surface area contributed by atoms with Crippen molar-refractivity contribution in [2.75, 3.05) is 13.1 Å². The van der Waals surface area contributed by atoms with Crippen LogP contribution >= 0.6 is 0 Å². The van der Waals surface area contributed by atoms with Gasteiger partial charge in [0.25, 0.3) is 0 Å². The molecule has 1 aromatic carbocycles. The molecule has 0 radical (unpaired) electrons. The molecule has 0 spiro atoms. The minimum absolute atomic E-state index is 0.193. The second kappa shape index (κ2) is 8.61. The topological polar surface area (TPSA) is 32.3 Å². The van der Waals surface area contributed by atoms with E-state index in [0.717, 1.165) is 50.4 Å². The Bertz CT molecular complexity index is 525. The third-order valence-electron chi connectivity index (χ3n) is 5.53. The molecule has 1 aliphatic heterocycles. The fraction of sp³-hybridized carbons (Fsp3) is 0.650. The first-order valence-electron chi connectivity index (χ1n) is 9.47. The predicted molar refractivity (Wildman–Crippen MR) is 94.0 cm³/mol. The van der Waals surface area contributed by atoms with Gasteiger partial charge in [-0.05, 0) is 55.8 Å². The summed E-state index contributed by atoms with van der Waals surface area (Å²) < 4.78 is 12.9. The molecule has 1 atom stereocenters. The minimum Gasteiger partial charge on any atom is -0.339 e. The van der Waals surface area contributed by atoms with Crippen molar-refractivity contribution in [3.05, 3.63) is 35.6 Å². The first-order chi connectivity index (χ1) is 11.7. The van der Waals surface area contributed by atoms with Gasteiger partial charge in [-0.25, -0.2) is 4.39 Å². The number of nitrogens with one attached hydrogen (secondary N) is 1. The normalized spacial score (nSPS) is 22.3. The Morgan fingerprint density at radius 1 is 1.08 bits per heavy atom. The van der Waals surface area contributed by atoms with Gasteiger partial charge in [-0.15, -0.1) is 0 Å². The number of nitrogens with zero attached hydrogens (tertiary/aromatic N) is 1. The highest BCUT2D eigenvalue weighted by Gasteiger charge is 2.32. The van der Waals surface area contributed by atoms with Gasteiger partial charge in [0.2, 0.25) is 5.91 Å². The Morgan fingerprint density at radius 3 is 2.58 bits per heavy atom. The lowest BCUT2D eigenvalue weighted by molar-refractivity contribution is -0.129. The van der Waals surface area contributed by atoms with Crippen LogP contribution in [0.25, 0.3) is 0 Å². The number of rotatable bonds is 7. The third kappa shape index (κ3) is 4.79. The van der Waals surface area contributed by atoms with E-state index in [9.17, 15) is 9.18 Å². The summed E-state index contributed by atoms with van der Waals surface area (Å²) in [4.78, 5) is 14.4. The Hall–Kier alpha value is -1.42. The van der Waals surface area contributed by atoms with Gasteiger partial charge in [-0.3, -0.25) is 4.79 Å². The van der Waals surface area contributed by atoms with E-state index >= 15 is 0 Å². The Balaban J connectivity index is 1.41. The summed E-state index contributed by atoms with van der Waals surface area (Å²) in [5.41, 5.74) is 1.10. The number of hydrogen-bond acceptors (Lipinski definition) is 2. The SMILES string of the molecule is O=C1CCC(CCNCc2ccc(F)cc2)N1CC1CCCCC1. The molecule has 1 unspecified atom stereocenters. The van der Waals surface area contributed by atoms with Crippen LogP contribution in [0.15, 0.2) is 24.3 Å². The number of carbonyl (C=O) groups excluding carboxylic acids is 1. The number of halogens is 1. The molecule has 1 amide bonds. The lowest BCUT2D eigenvalue weighted by Gasteiger charge is -2.31. The summed E-state index contributed by atoms with van der Waals surface area (Å²) in [5, 5.41) is 3.43. The van der Waals surface area contributed by atoms with Crippen molar-refractivity contribution in [1.29, 1.82) is 0 Å². The van der Waals surface area contributed by atoms with Crippen molar-refractivity contribution in [2.24, 2.45) is 5.92 Å². The van der Waals surface area contributed by atoms with Crippen molar-refractivity contribution in [2.45, 2.75) is 64.0 Å². The van der Waals surface area contributed by atoms with E-state index in [0.29, 0.717) is 11.9 Å². The molecule has 4 heteroatoms. The second-order valence-corrected chi connectivity index (χ2v) is 7.33. The van der Waals surface area contributed by atoms with Crippen molar-refractivity contribution in [1.82, 2.24) is 10.2 Å². The summed E-state index contributed by atoms with van der Waals surface area (Å²) in [6, 6.07) is 7.03. The summed E-state index contributed by atoms with van der Waals surface area (Å²) in [6.45, 7) is 2.63. The summed E-state index contributed by atoms with van der Waals surface area (Å²) in [7, 11) is 0. The van der Waals surface area contributed by atoms with E-state index in [2.05, 4.69) is 10.2 Å². The highest BCUT2D eigenvalue weighted by Crippen LogP contribution is 2.29. The maximum absolute atomic E-state index is 12.9. The number of benzene rings is 1. The molecule has 1 saturated carbocycles. The van der Waals surface area contributed by atoms with Gasteiger partial charge in [0.05, 0.1) is 0 Å². The van der Waals surface area contributed by atoms with E-state index in [-0.39, 0.29) is 5.82 Å². The molecule has 24 heavy (non-hydrogen) atoms. The molecule has 3 rings (SSSR count). The van der Waals surface area contributed by atoms with Gasteiger partial charge in [-0.2, -0.15) is 0 Å². The van der Waals surface area contributed by atoms with Crippen LogP contribution in [0.1, 0.15) is 56.9 Å². The Labute approximate surface area is 144 Å². The van der Waals surface area contributed by atoms with Crippen LogP contribution < -0.4 is 5.32 Å². The first-order valence-corrected chi connectivity index (χ1v) is 9.47. The Morgan fingerprint density at radius 2 is 1.83 bits per heavy atom. The average molecular weight is 332 g/mol. The summed E-state index contributed by atoms with van der Waals surface area (Å²) in [6.07, 6.45) is 9.34. The number of carbonyl (C=O) groups is 1. The van der Waals surface area contributed by atoms with Crippen LogP contribution in [0.3, 0.4) is 0 Å². The number of amides is 1. The van der Waals surface area contributed by atoms with Gasteiger partial charge in [0.15, 0.2) is 0 Å². The van der Waals surface area contributed by atoms with Crippen molar-refractivity contribution >= 4 is 5.91 Å². The quantitative estimate of drug-likeness (QED) is 0.769. The van der Waals surface area contributed by atoms with E-state index in [4.69, 9.17) is 0 Å². The molecule has 2 aliphatic rings. The lowest BCUT2D eigenvalue weighted by atomic mass is 9.88. The monoisotopic (exact) mass is 332 g/mol. The highest BCUT2D eigenvalue weighted by atomic mass is 19.1. The predicted octanol–water partition coefficient (Wildman–Crippen LogP) is 3.88. The fourth-order valence-electron chi connectivity index (χ4n) is 4.10. The summed E-state index contributed by atoms with van der Waals surface area (Å²) >= 11 is 0. The van der Waals surface area contributed by atoms with Crippen LogP contribution in [0, 0.1) is 11.7 Å². The third-order valence-corrected chi connectivity index (χ3v) is 5.53. The molecule has 0 bridgehead atoms. The number of likely N-dealkylation sites (tertiary alicyclic amines) is 1. The zero-order valence-electron chi connectivity index (χ0n) is 14.5. The molecular weight excluding hydrogens is 303 g/mol. The average Bonchev–Trinajstić information content (AvgIpc) is 2.94. The zero-order valence-corrected chi connectivity index (χ0v) is 14.5. The molecule has 1 saturated heterocycles. The van der Waals surface area contributed by atoms with Gasteiger partial charge >= 0.3 is 0 Å². The van der Waals surface area contributed by atoms with Crippen LogP contribution in [0.2, 0.25) is 0 Å². The van der Waals surface area contributed by atoms with E-state index < -0.39 is 0 Å². The maximum atomic E-state index is 12.9. The van der Waals surface area contributed by atoms with Gasteiger partial charge in [-0.1, -0.05) is 31.4 Å². The van der Waals surface area contributed by atoms with Crippen molar-refractivity contribution in [3.8, 4) is 0 Å². The standard InChI is InChI=1S/C20H29FN2O/c21-18-8-6-16(7-9-18)14-22-13-12-19-10-11-20(24)23(19)15-17-4-2-1-3-5-17/h6-9,17,19,22H,1-5,10-15H2. The smallest absolute Gasteiger partial charge is 0.222 e. The van der Waals surface area contributed by atoms with Gasteiger partial charge in [0.1, 0.15) is 5.82 Å². The zero-order chi connectivity index (χ0) is 16.8. The second-order valence-electron chi connectivity index (χ2n) is 7.33. The van der Waals surface area contributed by atoms with Crippen molar-refractivity contribution < 1.29 is 9.18 Å². The lowest BCUT2D eigenvalue weighted by Crippen LogP contribution is -2.39. The molecule has 2 fully saturated rings. The highest BCUT2D eigenvalue weighted by molar-refractivity contribution is 5.78. The first kappa shape index (κ1) is 17.4. The molecule has 1 heterocycles. The van der Waals surface area contributed by atoms with Gasteiger partial charge in [0, 0.05) is 25.6 Å². The number of hydrogen-bond donors (Lipinski definition) is 1. The van der Waals surface area contributed by atoms with E-state index in [1.54, 1.807) is 0 Å². The van der Waals surface area contributed by atoms with Crippen LogP contribution in [-0.4, -0.2) is 29.9 Å². The van der Waals surface area contributed by atoms with Crippen LogP contribution in [0.5, 0.6) is 0 Å². The van der Waals surface area contributed by atoms with Crippen LogP contribution in [0.4, 0.5) is 4.39 Å². The molecule has 0 aromatic heterocycles. The molecule has 1 N–H and O–H groups in total. The van der Waals surface area contributed by atoms with E-state index in [1.165, 1.54) is 44.2 Å². The molecule has 3 nitrogen and oxygen atoms in total. The molecule has 132 valence electrons. The van der Waals surface area contributed by atoms with E-state index in [1.807, 2.05) is 12.1 Å². The summed E-state index contributed by atoms with van der Waals surface area (Å²) in [5.74, 6) is 0.876. The largest absolute Gasteiger partial charge is 0.339 e. The minimum atomic E-state index is -0.193. The molecule has 1 aromatic rings. The Kier molecular flexibility index (Phi) is 6.24. The van der Waals surface area contributed by atoms with Gasteiger partial charge < -0.3 is 10.2 Å². The maximum Gasteiger partial charge on any atom is 0.222 e. The molecule has 1 aliphatic carbocycles. The van der Waals surface area contributed by atoms with Crippen molar-refractivity contribution in [3.63, 3.8) is 0 Å². The van der Waals surface area contributed by atoms with Crippen LogP contribution in [-0.2, 0) is 11.3 Å².